The van der Waals surface area contributed by atoms with E-state index in [1.807, 2.05) is 13.8 Å². The predicted octanol–water partition coefficient (Wildman–Crippen LogP) is 2.47. The van der Waals surface area contributed by atoms with Crippen LogP contribution in [-0.4, -0.2) is 45.7 Å². The van der Waals surface area contributed by atoms with E-state index in [4.69, 9.17) is 5.11 Å². The van der Waals surface area contributed by atoms with Gasteiger partial charge in [0.05, 0.1) is 24.0 Å². The van der Waals surface area contributed by atoms with Crippen LogP contribution in [0.3, 0.4) is 0 Å². The van der Waals surface area contributed by atoms with Gasteiger partial charge in [0.2, 0.25) is 5.88 Å². The van der Waals surface area contributed by atoms with Crippen LogP contribution in [0, 0.1) is 12.7 Å². The number of aromatic nitrogens is 6. The third-order valence-corrected chi connectivity index (χ3v) is 4.51. The van der Waals surface area contributed by atoms with Gasteiger partial charge in [-0.15, -0.1) is 0 Å². The summed E-state index contributed by atoms with van der Waals surface area (Å²) in [6.07, 6.45) is 3.85. The van der Waals surface area contributed by atoms with Crippen molar-refractivity contribution in [3.8, 4) is 11.8 Å². The van der Waals surface area contributed by atoms with Gasteiger partial charge >= 0.3 is 5.97 Å². The fourth-order valence-electron chi connectivity index (χ4n) is 3.06. The van der Waals surface area contributed by atoms with E-state index in [1.165, 1.54) is 29.2 Å². The lowest BCUT2D eigenvalue weighted by Gasteiger charge is -2.16. The molecule has 1 aromatic carbocycles. The maximum atomic E-state index is 13.7. The van der Waals surface area contributed by atoms with Crippen LogP contribution in [0.1, 0.15) is 34.5 Å². The molecule has 142 valence electrons. The number of hydrogen-bond donors (Lipinski definition) is 2. The Morgan fingerprint density at radius 3 is 2.71 bits per heavy atom. The maximum absolute atomic E-state index is 13.7. The lowest BCUT2D eigenvalue weighted by atomic mass is 10.0. The first-order valence-corrected chi connectivity index (χ1v) is 8.33. The van der Waals surface area contributed by atoms with Crippen LogP contribution < -0.4 is 0 Å². The third-order valence-electron chi connectivity index (χ3n) is 4.51. The molecule has 4 aromatic rings. The second kappa shape index (κ2) is 6.41. The van der Waals surface area contributed by atoms with E-state index < -0.39 is 5.97 Å². The van der Waals surface area contributed by atoms with Crippen molar-refractivity contribution in [1.82, 2.24) is 29.5 Å². The van der Waals surface area contributed by atoms with Crippen molar-refractivity contribution in [3.05, 3.63) is 59.3 Å². The van der Waals surface area contributed by atoms with Crippen molar-refractivity contribution in [3.63, 3.8) is 0 Å². The molecule has 2 N–H and O–H groups in total. The molecule has 9 nitrogen and oxygen atoms in total. The van der Waals surface area contributed by atoms with Crippen LogP contribution >= 0.6 is 0 Å². The van der Waals surface area contributed by atoms with E-state index in [2.05, 4.69) is 20.2 Å². The van der Waals surface area contributed by atoms with E-state index in [-0.39, 0.29) is 34.8 Å². The molecule has 10 heteroatoms. The first-order valence-electron chi connectivity index (χ1n) is 8.33. The molecule has 3 aromatic heterocycles. The highest BCUT2D eigenvalue weighted by Gasteiger charge is 2.20. The van der Waals surface area contributed by atoms with Crippen LogP contribution in [0.4, 0.5) is 4.39 Å². The van der Waals surface area contributed by atoms with Crippen molar-refractivity contribution in [2.75, 3.05) is 0 Å². The van der Waals surface area contributed by atoms with Gasteiger partial charge in [-0.25, -0.2) is 18.9 Å². The Kier molecular flexibility index (Phi) is 4.03. The number of rotatable bonds is 4. The van der Waals surface area contributed by atoms with Gasteiger partial charge in [0, 0.05) is 6.20 Å². The number of carboxylic acids is 1. The zero-order chi connectivity index (χ0) is 20.0. The van der Waals surface area contributed by atoms with Crippen LogP contribution in [-0.2, 0) is 0 Å². The lowest BCUT2D eigenvalue weighted by Crippen LogP contribution is -2.11. The van der Waals surface area contributed by atoms with Crippen molar-refractivity contribution in [2.45, 2.75) is 19.9 Å². The van der Waals surface area contributed by atoms with Crippen molar-refractivity contribution < 1.29 is 19.4 Å². The molecule has 0 amide bonds. The number of carbonyl (C=O) groups is 1. The SMILES string of the molecule is Cc1ccc(F)cc1[C@H](C)n1ncc2nc(-n3cc(C(=O)O)cn3)nc(O)c21. The molecule has 0 fully saturated rings. The van der Waals surface area contributed by atoms with Crippen LogP contribution in [0.5, 0.6) is 5.88 Å². The number of carboxylic acid groups (broad SMARTS) is 1. The molecule has 1 atom stereocenters. The first kappa shape index (κ1) is 17.6. The minimum absolute atomic E-state index is 0.00615. The molecule has 0 bridgehead atoms. The summed E-state index contributed by atoms with van der Waals surface area (Å²) < 4.78 is 16.4. The minimum atomic E-state index is -1.14. The number of aromatic carboxylic acids is 1. The summed E-state index contributed by atoms with van der Waals surface area (Å²) in [5, 5.41) is 27.7. The second-order valence-electron chi connectivity index (χ2n) is 6.33. The summed E-state index contributed by atoms with van der Waals surface area (Å²) in [5.74, 6) is -1.83. The Morgan fingerprint density at radius 2 is 2.00 bits per heavy atom. The third kappa shape index (κ3) is 2.84. The van der Waals surface area contributed by atoms with E-state index in [1.54, 1.807) is 6.07 Å². The Labute approximate surface area is 157 Å². The maximum Gasteiger partial charge on any atom is 0.338 e. The Bertz CT molecular complexity index is 1220. The highest BCUT2D eigenvalue weighted by Crippen LogP contribution is 2.29. The van der Waals surface area contributed by atoms with Gasteiger partial charge in [-0.3, -0.25) is 4.68 Å². The number of nitrogens with zero attached hydrogens (tertiary/aromatic N) is 6. The van der Waals surface area contributed by atoms with Crippen molar-refractivity contribution in [2.24, 2.45) is 0 Å². The molecule has 0 spiro atoms. The molecule has 28 heavy (non-hydrogen) atoms. The van der Waals surface area contributed by atoms with Gasteiger partial charge < -0.3 is 10.2 Å². The van der Waals surface area contributed by atoms with Crippen LogP contribution in [0.25, 0.3) is 17.0 Å². The first-order chi connectivity index (χ1) is 13.3. The Balaban J connectivity index is 1.80. The fourth-order valence-corrected chi connectivity index (χ4v) is 3.06. The lowest BCUT2D eigenvalue weighted by molar-refractivity contribution is 0.0697. The van der Waals surface area contributed by atoms with Gasteiger partial charge in [-0.05, 0) is 37.1 Å². The summed E-state index contributed by atoms with van der Waals surface area (Å²) in [6, 6.07) is 4.11. The predicted molar refractivity (Wildman–Crippen MR) is 96.0 cm³/mol. The number of benzene rings is 1. The molecular weight excluding hydrogens is 367 g/mol. The minimum Gasteiger partial charge on any atom is -0.492 e. The molecule has 0 unspecified atom stereocenters. The number of halogens is 1. The largest absolute Gasteiger partial charge is 0.492 e. The fraction of sp³-hybridized carbons (Fsp3) is 0.167. The summed E-state index contributed by atoms with van der Waals surface area (Å²) >= 11 is 0. The molecule has 0 radical (unpaired) electrons. The smallest absolute Gasteiger partial charge is 0.338 e. The Hall–Kier alpha value is -3.82. The average Bonchev–Trinajstić information content (AvgIpc) is 3.30. The molecule has 0 saturated heterocycles. The zero-order valence-corrected chi connectivity index (χ0v) is 14.9. The topological polar surface area (TPSA) is 119 Å². The molecule has 4 rings (SSSR count). The monoisotopic (exact) mass is 382 g/mol. The van der Waals surface area contributed by atoms with E-state index in [0.29, 0.717) is 11.1 Å². The van der Waals surface area contributed by atoms with Crippen LogP contribution in [0.15, 0.2) is 36.8 Å². The molecule has 0 aliphatic heterocycles. The number of hydrogen-bond acceptors (Lipinski definition) is 6. The molecule has 0 saturated carbocycles. The summed E-state index contributed by atoms with van der Waals surface area (Å²) in [6.45, 7) is 3.69. The normalized spacial score (nSPS) is 12.4. The van der Waals surface area contributed by atoms with Crippen LogP contribution in [0.2, 0.25) is 0 Å². The van der Waals surface area contributed by atoms with Gasteiger partial charge in [0.15, 0.2) is 0 Å². The van der Waals surface area contributed by atoms with Crippen molar-refractivity contribution in [1.29, 1.82) is 0 Å². The summed E-state index contributed by atoms with van der Waals surface area (Å²) in [5.41, 5.74) is 2.19. The van der Waals surface area contributed by atoms with Crippen molar-refractivity contribution >= 4 is 17.0 Å². The summed E-state index contributed by atoms with van der Waals surface area (Å²) in [4.78, 5) is 19.3. The van der Waals surface area contributed by atoms with E-state index in [9.17, 15) is 14.3 Å². The quantitative estimate of drug-likeness (QED) is 0.556. The van der Waals surface area contributed by atoms with Gasteiger partial charge in [0.1, 0.15) is 16.9 Å². The van der Waals surface area contributed by atoms with Gasteiger partial charge in [-0.1, -0.05) is 6.07 Å². The highest BCUT2D eigenvalue weighted by molar-refractivity contribution is 5.87. The number of aromatic hydroxyl groups is 1. The number of fused-ring (bicyclic) bond motifs is 1. The molecule has 0 aliphatic rings. The standard InChI is InChI=1S/C18H15FN6O3/c1-9-3-4-12(19)5-13(9)10(2)25-15-14(7-21-25)22-18(23-16(15)26)24-8-11(6-20-24)17(27)28/h3-8,10H,1-2H3,(H,27,28)(H,22,23,26)/t10-/m0/s1. The summed E-state index contributed by atoms with van der Waals surface area (Å²) in [7, 11) is 0. The number of aryl methyl sites for hydroxylation is 1. The molecular formula is C18H15FN6O3. The second-order valence-corrected chi connectivity index (χ2v) is 6.33. The molecule has 0 aliphatic carbocycles. The zero-order valence-electron chi connectivity index (χ0n) is 14.9. The van der Waals surface area contributed by atoms with E-state index in [0.717, 1.165) is 16.4 Å². The van der Waals surface area contributed by atoms with Gasteiger partial charge in [-0.2, -0.15) is 15.2 Å². The highest BCUT2D eigenvalue weighted by atomic mass is 19.1. The molecule has 3 heterocycles. The van der Waals surface area contributed by atoms with Gasteiger partial charge in [0.25, 0.3) is 5.95 Å². The van der Waals surface area contributed by atoms with E-state index >= 15 is 0 Å². The Morgan fingerprint density at radius 1 is 1.21 bits per heavy atom. The average molecular weight is 382 g/mol.